The summed E-state index contributed by atoms with van der Waals surface area (Å²) in [7, 11) is 0. The molecule has 0 aliphatic carbocycles. The van der Waals surface area contributed by atoms with Gasteiger partial charge in [-0.25, -0.2) is 4.98 Å². The fourth-order valence-electron chi connectivity index (χ4n) is 2.51. The Labute approximate surface area is 119 Å². The highest BCUT2D eigenvalue weighted by Crippen LogP contribution is 2.29. The predicted molar refractivity (Wildman–Crippen MR) is 80.4 cm³/mol. The van der Waals surface area contributed by atoms with Crippen molar-refractivity contribution in [1.82, 2.24) is 4.98 Å². The smallest absolute Gasteiger partial charge is 0.195 e. The van der Waals surface area contributed by atoms with Crippen molar-refractivity contribution in [3.05, 3.63) is 23.0 Å². The molecule has 0 radical (unpaired) electrons. The normalized spacial score (nSPS) is 13.9. The number of rotatable bonds is 3. The molecule has 1 aromatic heterocycles. The summed E-state index contributed by atoms with van der Waals surface area (Å²) in [4.78, 5) is 4.48. The van der Waals surface area contributed by atoms with Gasteiger partial charge in [0.15, 0.2) is 11.5 Å². The number of nitrogens with two attached hydrogens (primary N) is 1. The summed E-state index contributed by atoms with van der Waals surface area (Å²) in [6.07, 6.45) is 1.97. The lowest BCUT2D eigenvalue weighted by molar-refractivity contribution is 0.295. The Balaban J connectivity index is 2.18. The minimum Gasteiger partial charge on any atom is -0.441 e. The van der Waals surface area contributed by atoms with E-state index in [0.29, 0.717) is 27.6 Å². The summed E-state index contributed by atoms with van der Waals surface area (Å²) in [5.41, 5.74) is 8.09. The van der Waals surface area contributed by atoms with Gasteiger partial charge < -0.3 is 10.2 Å². The second kappa shape index (κ2) is 5.04. The maximum atomic E-state index is 5.98. The van der Waals surface area contributed by atoms with Gasteiger partial charge in [0.2, 0.25) is 0 Å². The van der Waals surface area contributed by atoms with Crippen LogP contribution in [-0.2, 0) is 6.42 Å². The van der Waals surface area contributed by atoms with Crippen molar-refractivity contribution in [1.29, 1.82) is 0 Å². The molecular weight excluding hydrogens is 260 g/mol. The maximum Gasteiger partial charge on any atom is 0.195 e. The van der Waals surface area contributed by atoms with Crippen LogP contribution in [0.15, 0.2) is 16.5 Å². The van der Waals surface area contributed by atoms with Gasteiger partial charge in [-0.05, 0) is 23.8 Å². The number of hydrogen-bond acceptors (Lipinski definition) is 3. The van der Waals surface area contributed by atoms with E-state index in [-0.39, 0.29) is 0 Å². The van der Waals surface area contributed by atoms with Crippen LogP contribution < -0.4 is 5.73 Å². The van der Waals surface area contributed by atoms with Crippen LogP contribution in [-0.4, -0.2) is 4.98 Å². The molecular formula is C15H21ClN2O. The summed E-state index contributed by atoms with van der Waals surface area (Å²) >= 11 is 5.98. The number of anilines is 1. The van der Waals surface area contributed by atoms with Crippen molar-refractivity contribution in [2.45, 2.75) is 40.5 Å². The highest BCUT2D eigenvalue weighted by Gasteiger charge is 2.18. The Morgan fingerprint density at radius 2 is 2.05 bits per heavy atom. The second-order valence-electron chi connectivity index (χ2n) is 6.52. The third kappa shape index (κ3) is 3.63. The molecule has 0 spiro atoms. The summed E-state index contributed by atoms with van der Waals surface area (Å²) in [5.74, 6) is 1.29. The Bertz CT molecular complexity index is 545. The van der Waals surface area contributed by atoms with Crippen LogP contribution in [0.25, 0.3) is 11.1 Å². The van der Waals surface area contributed by atoms with E-state index >= 15 is 0 Å². The molecule has 0 saturated carbocycles. The van der Waals surface area contributed by atoms with E-state index in [1.54, 1.807) is 12.1 Å². The lowest BCUT2D eigenvalue weighted by Crippen LogP contribution is -2.12. The fraction of sp³-hybridized carbons (Fsp3) is 0.533. The Morgan fingerprint density at radius 3 is 2.68 bits per heavy atom. The van der Waals surface area contributed by atoms with Crippen LogP contribution in [0, 0.1) is 11.3 Å². The van der Waals surface area contributed by atoms with Crippen molar-refractivity contribution in [2.24, 2.45) is 11.3 Å². The van der Waals surface area contributed by atoms with Gasteiger partial charge in [0, 0.05) is 12.5 Å². The zero-order chi connectivity index (χ0) is 14.2. The third-order valence-electron chi connectivity index (χ3n) is 3.04. The zero-order valence-electron chi connectivity index (χ0n) is 12.0. The number of nitrogen functional groups attached to an aromatic ring is 1. The molecule has 19 heavy (non-hydrogen) atoms. The molecule has 0 aliphatic rings. The first kappa shape index (κ1) is 14.2. The van der Waals surface area contributed by atoms with Gasteiger partial charge >= 0.3 is 0 Å². The molecule has 0 bridgehead atoms. The van der Waals surface area contributed by atoms with Crippen molar-refractivity contribution in [3.63, 3.8) is 0 Å². The van der Waals surface area contributed by atoms with Crippen LogP contribution in [0.5, 0.6) is 0 Å². The number of hydrogen-bond donors (Lipinski definition) is 1. The van der Waals surface area contributed by atoms with Gasteiger partial charge in [0.25, 0.3) is 0 Å². The summed E-state index contributed by atoms with van der Waals surface area (Å²) in [6.45, 7) is 8.96. The predicted octanol–water partition coefficient (Wildman–Crippen LogP) is 4.68. The van der Waals surface area contributed by atoms with E-state index in [9.17, 15) is 0 Å². The van der Waals surface area contributed by atoms with Crippen LogP contribution in [0.3, 0.4) is 0 Å². The zero-order valence-corrected chi connectivity index (χ0v) is 12.7. The summed E-state index contributed by atoms with van der Waals surface area (Å²) < 4.78 is 5.74. The van der Waals surface area contributed by atoms with Gasteiger partial charge in [0.1, 0.15) is 5.52 Å². The van der Waals surface area contributed by atoms with Gasteiger partial charge in [0.05, 0.1) is 10.7 Å². The highest BCUT2D eigenvalue weighted by atomic mass is 35.5. The minimum atomic E-state index is 0.319. The van der Waals surface area contributed by atoms with Crippen molar-refractivity contribution < 1.29 is 4.42 Å². The molecule has 1 unspecified atom stereocenters. The molecule has 0 amide bonds. The van der Waals surface area contributed by atoms with E-state index in [1.807, 2.05) is 0 Å². The number of benzene rings is 1. The topological polar surface area (TPSA) is 52.0 Å². The molecule has 0 aliphatic heterocycles. The molecule has 1 atom stereocenters. The largest absolute Gasteiger partial charge is 0.441 e. The quantitative estimate of drug-likeness (QED) is 0.831. The molecule has 2 rings (SSSR count). The second-order valence-corrected chi connectivity index (χ2v) is 6.93. The van der Waals surface area contributed by atoms with Gasteiger partial charge in [-0.1, -0.05) is 39.3 Å². The highest BCUT2D eigenvalue weighted by molar-refractivity contribution is 6.33. The van der Waals surface area contributed by atoms with Crippen molar-refractivity contribution in [2.75, 3.05) is 5.73 Å². The molecule has 2 aromatic rings. The van der Waals surface area contributed by atoms with E-state index in [4.69, 9.17) is 21.8 Å². The molecule has 0 saturated heterocycles. The molecule has 3 nitrogen and oxygen atoms in total. The number of oxazole rings is 1. The number of halogens is 1. The molecule has 2 N–H and O–H groups in total. The minimum absolute atomic E-state index is 0.319. The van der Waals surface area contributed by atoms with Crippen LogP contribution in [0.4, 0.5) is 5.69 Å². The standard InChI is InChI=1S/C15H21ClN2O/c1-9(8-15(2,3)4)5-14-18-12-6-10(16)11(17)7-13(12)19-14/h6-7,9H,5,8,17H2,1-4H3. The van der Waals surface area contributed by atoms with Gasteiger partial charge in [-0.3, -0.25) is 0 Å². The van der Waals surface area contributed by atoms with Crippen LogP contribution in [0.2, 0.25) is 5.02 Å². The Kier molecular flexibility index (Phi) is 3.77. The van der Waals surface area contributed by atoms with Crippen LogP contribution in [0.1, 0.15) is 40.0 Å². The lowest BCUT2D eigenvalue weighted by atomic mass is 9.84. The van der Waals surface area contributed by atoms with Crippen molar-refractivity contribution in [3.8, 4) is 0 Å². The first-order chi connectivity index (χ1) is 8.74. The average Bonchev–Trinajstić information content (AvgIpc) is 2.56. The summed E-state index contributed by atoms with van der Waals surface area (Å²) in [6, 6.07) is 3.50. The Morgan fingerprint density at radius 1 is 1.37 bits per heavy atom. The van der Waals surface area contributed by atoms with Gasteiger partial charge in [-0.2, -0.15) is 0 Å². The molecule has 0 fully saturated rings. The molecule has 1 aromatic carbocycles. The first-order valence-electron chi connectivity index (χ1n) is 6.59. The van der Waals surface area contributed by atoms with Gasteiger partial charge in [-0.15, -0.1) is 0 Å². The van der Waals surface area contributed by atoms with E-state index in [0.717, 1.165) is 24.2 Å². The Hall–Kier alpha value is -1.22. The van der Waals surface area contributed by atoms with E-state index in [1.165, 1.54) is 0 Å². The number of nitrogens with zero attached hydrogens (tertiary/aromatic N) is 1. The third-order valence-corrected chi connectivity index (χ3v) is 3.36. The monoisotopic (exact) mass is 280 g/mol. The average molecular weight is 281 g/mol. The summed E-state index contributed by atoms with van der Waals surface area (Å²) in [5, 5.41) is 0.523. The van der Waals surface area contributed by atoms with E-state index < -0.39 is 0 Å². The van der Waals surface area contributed by atoms with Crippen molar-refractivity contribution >= 4 is 28.4 Å². The SMILES string of the molecule is CC(Cc1nc2cc(Cl)c(N)cc2o1)CC(C)(C)C. The number of aromatic nitrogens is 1. The van der Waals surface area contributed by atoms with Crippen LogP contribution >= 0.6 is 11.6 Å². The molecule has 104 valence electrons. The maximum absolute atomic E-state index is 5.98. The lowest BCUT2D eigenvalue weighted by Gasteiger charge is -2.22. The molecule has 4 heteroatoms. The fourth-order valence-corrected chi connectivity index (χ4v) is 2.67. The van der Waals surface area contributed by atoms with E-state index in [2.05, 4.69) is 32.7 Å². The molecule has 1 heterocycles. The number of fused-ring (bicyclic) bond motifs is 1. The first-order valence-corrected chi connectivity index (χ1v) is 6.97.